The van der Waals surface area contributed by atoms with E-state index in [0.29, 0.717) is 17.4 Å². The van der Waals surface area contributed by atoms with Crippen LogP contribution in [0.1, 0.15) is 12.7 Å². The van der Waals surface area contributed by atoms with Crippen LogP contribution in [0, 0.1) is 0 Å². The first-order chi connectivity index (χ1) is 6.63. The first-order valence-electron chi connectivity index (χ1n) is 4.16. The quantitative estimate of drug-likeness (QED) is 0.786. The molecule has 0 aromatic carbocycles. The number of halogens is 2. The highest BCUT2D eigenvalue weighted by molar-refractivity contribution is 7.09. The molecule has 14 heavy (non-hydrogen) atoms. The van der Waals surface area contributed by atoms with Gasteiger partial charge in [-0.1, -0.05) is 6.92 Å². The van der Waals surface area contributed by atoms with E-state index >= 15 is 0 Å². The summed E-state index contributed by atoms with van der Waals surface area (Å²) >= 11 is 1.10. The largest absolute Gasteiger partial charge is 0.385 e. The molecule has 0 bridgehead atoms. The Kier molecular flexibility index (Phi) is 4.15. The maximum atomic E-state index is 11.9. The van der Waals surface area contributed by atoms with E-state index in [1.807, 2.05) is 6.92 Å². The number of aromatic nitrogens is 2. The van der Waals surface area contributed by atoms with Gasteiger partial charge in [0.2, 0.25) is 5.13 Å². The normalized spacial score (nSPS) is 13.2. The second kappa shape index (κ2) is 5.16. The fraction of sp³-hybridized carbons (Fsp3) is 0.714. The second-order valence-electron chi connectivity index (χ2n) is 2.65. The lowest BCUT2D eigenvalue weighted by Gasteiger charge is -2.08. The van der Waals surface area contributed by atoms with Gasteiger partial charge in [0.15, 0.2) is 0 Å². The SMILES string of the molecule is CCc1nsc(NCC(O)C(F)F)n1. The van der Waals surface area contributed by atoms with Crippen LogP contribution < -0.4 is 5.32 Å². The minimum absolute atomic E-state index is 0.212. The van der Waals surface area contributed by atoms with Crippen LogP contribution in [0.4, 0.5) is 13.9 Å². The number of aliphatic hydroxyl groups is 1. The van der Waals surface area contributed by atoms with Crippen LogP contribution in [0.2, 0.25) is 0 Å². The van der Waals surface area contributed by atoms with E-state index in [1.54, 1.807) is 0 Å². The number of rotatable bonds is 5. The van der Waals surface area contributed by atoms with Crippen LogP contribution in [0.15, 0.2) is 0 Å². The van der Waals surface area contributed by atoms with Crippen molar-refractivity contribution in [1.29, 1.82) is 0 Å². The van der Waals surface area contributed by atoms with Crippen molar-refractivity contribution >= 4 is 16.7 Å². The number of nitrogens with zero attached hydrogens (tertiary/aromatic N) is 2. The first-order valence-corrected chi connectivity index (χ1v) is 4.93. The van der Waals surface area contributed by atoms with Crippen LogP contribution >= 0.6 is 11.5 Å². The molecule has 0 aliphatic heterocycles. The van der Waals surface area contributed by atoms with Crippen LogP contribution in [-0.4, -0.2) is 33.5 Å². The van der Waals surface area contributed by atoms with Crippen LogP contribution in [0.25, 0.3) is 0 Å². The zero-order valence-corrected chi connectivity index (χ0v) is 8.39. The summed E-state index contributed by atoms with van der Waals surface area (Å²) in [7, 11) is 0. The Bertz CT molecular complexity index is 282. The van der Waals surface area contributed by atoms with Gasteiger partial charge in [-0.2, -0.15) is 4.37 Å². The molecule has 1 aromatic heterocycles. The van der Waals surface area contributed by atoms with E-state index in [0.717, 1.165) is 11.5 Å². The van der Waals surface area contributed by atoms with Crippen LogP contribution in [0.3, 0.4) is 0 Å². The Balaban J connectivity index is 2.37. The number of aryl methyl sites for hydroxylation is 1. The summed E-state index contributed by atoms with van der Waals surface area (Å²) in [6.07, 6.45) is -3.69. The third-order valence-corrected chi connectivity index (χ3v) is 2.25. The number of alkyl halides is 2. The highest BCUT2D eigenvalue weighted by Gasteiger charge is 2.16. The van der Waals surface area contributed by atoms with Gasteiger partial charge in [0.25, 0.3) is 6.43 Å². The molecular weight excluding hydrogens is 212 g/mol. The molecule has 1 atom stereocenters. The standard InChI is InChI=1S/C7H11F2N3OS/c1-2-5-11-7(14-12-5)10-3-4(13)6(8)9/h4,6,13H,2-3H2,1H3,(H,10,11,12). The summed E-state index contributed by atoms with van der Waals surface area (Å²) in [5.41, 5.74) is 0. The Hall–Kier alpha value is -0.820. The number of nitrogens with one attached hydrogen (secondary N) is 1. The average Bonchev–Trinajstić information content (AvgIpc) is 2.61. The van der Waals surface area contributed by atoms with Gasteiger partial charge in [-0.05, 0) is 0 Å². The van der Waals surface area contributed by atoms with Gasteiger partial charge in [-0.25, -0.2) is 13.8 Å². The van der Waals surface area contributed by atoms with Gasteiger partial charge in [0.05, 0.1) is 0 Å². The molecule has 0 fully saturated rings. The lowest BCUT2D eigenvalue weighted by atomic mass is 10.4. The minimum Gasteiger partial charge on any atom is -0.385 e. The Labute approximate surface area is 84.2 Å². The van der Waals surface area contributed by atoms with Crippen molar-refractivity contribution in [1.82, 2.24) is 9.36 Å². The van der Waals surface area contributed by atoms with E-state index in [2.05, 4.69) is 14.7 Å². The monoisotopic (exact) mass is 223 g/mol. The lowest BCUT2D eigenvalue weighted by Crippen LogP contribution is -2.26. The van der Waals surface area contributed by atoms with E-state index in [9.17, 15) is 8.78 Å². The van der Waals surface area contributed by atoms with Crippen LogP contribution in [-0.2, 0) is 6.42 Å². The van der Waals surface area contributed by atoms with Crippen molar-refractivity contribution in [3.8, 4) is 0 Å². The number of hydrogen-bond donors (Lipinski definition) is 2. The van der Waals surface area contributed by atoms with E-state index < -0.39 is 12.5 Å². The fourth-order valence-electron chi connectivity index (χ4n) is 0.750. The predicted molar refractivity (Wildman–Crippen MR) is 49.8 cm³/mol. The zero-order chi connectivity index (χ0) is 10.6. The molecule has 0 amide bonds. The van der Waals surface area contributed by atoms with Gasteiger partial charge >= 0.3 is 0 Å². The molecular formula is C7H11F2N3OS. The minimum atomic E-state index is -2.74. The summed E-state index contributed by atoms with van der Waals surface area (Å²) in [5.74, 6) is 0.670. The molecule has 80 valence electrons. The molecule has 7 heteroatoms. The van der Waals surface area contributed by atoms with E-state index in [-0.39, 0.29) is 6.54 Å². The van der Waals surface area contributed by atoms with Gasteiger partial charge in [0.1, 0.15) is 11.9 Å². The molecule has 0 saturated carbocycles. The summed E-state index contributed by atoms with van der Waals surface area (Å²) < 4.78 is 27.7. The highest BCUT2D eigenvalue weighted by Crippen LogP contribution is 2.11. The summed E-state index contributed by atoms with van der Waals surface area (Å²) in [6, 6.07) is 0. The first kappa shape index (κ1) is 11.3. The highest BCUT2D eigenvalue weighted by atomic mass is 32.1. The van der Waals surface area contributed by atoms with Crippen molar-refractivity contribution in [2.75, 3.05) is 11.9 Å². The second-order valence-corrected chi connectivity index (χ2v) is 3.40. The molecule has 0 spiro atoms. The molecule has 1 unspecified atom stereocenters. The Morgan fingerprint density at radius 2 is 2.29 bits per heavy atom. The van der Waals surface area contributed by atoms with Crippen LogP contribution in [0.5, 0.6) is 0 Å². The molecule has 1 heterocycles. The van der Waals surface area contributed by atoms with Crippen molar-refractivity contribution < 1.29 is 13.9 Å². The topological polar surface area (TPSA) is 58.0 Å². The average molecular weight is 223 g/mol. The van der Waals surface area contributed by atoms with Crippen molar-refractivity contribution in [3.05, 3.63) is 5.82 Å². The third-order valence-electron chi connectivity index (χ3n) is 1.54. The number of aliphatic hydroxyl groups excluding tert-OH is 1. The number of anilines is 1. The third kappa shape index (κ3) is 3.15. The summed E-state index contributed by atoms with van der Waals surface area (Å²) in [4.78, 5) is 4.00. The smallest absolute Gasteiger partial charge is 0.265 e. The van der Waals surface area contributed by atoms with E-state index in [4.69, 9.17) is 5.11 Å². The molecule has 1 rings (SSSR count). The lowest BCUT2D eigenvalue weighted by molar-refractivity contribution is 0.00384. The van der Waals surface area contributed by atoms with Gasteiger partial charge in [-0.3, -0.25) is 0 Å². The summed E-state index contributed by atoms with van der Waals surface area (Å²) in [5, 5.41) is 11.9. The zero-order valence-electron chi connectivity index (χ0n) is 7.57. The molecule has 0 aliphatic carbocycles. The summed E-state index contributed by atoms with van der Waals surface area (Å²) in [6.45, 7) is 1.69. The molecule has 1 aromatic rings. The molecule has 2 N–H and O–H groups in total. The maximum absolute atomic E-state index is 11.9. The van der Waals surface area contributed by atoms with Crippen molar-refractivity contribution in [3.63, 3.8) is 0 Å². The molecule has 4 nitrogen and oxygen atoms in total. The van der Waals surface area contributed by atoms with Crippen molar-refractivity contribution in [2.24, 2.45) is 0 Å². The predicted octanol–water partition coefficient (Wildman–Crippen LogP) is 1.14. The van der Waals surface area contributed by atoms with Gasteiger partial charge in [-0.15, -0.1) is 0 Å². The molecule has 0 radical (unpaired) electrons. The molecule has 0 saturated heterocycles. The Morgan fingerprint density at radius 3 is 2.79 bits per heavy atom. The van der Waals surface area contributed by atoms with E-state index in [1.165, 1.54) is 0 Å². The molecule has 0 aliphatic rings. The fourth-order valence-corrected chi connectivity index (χ4v) is 1.41. The maximum Gasteiger partial charge on any atom is 0.265 e. The van der Waals surface area contributed by atoms with Gasteiger partial charge in [0, 0.05) is 24.5 Å². The Morgan fingerprint density at radius 1 is 1.57 bits per heavy atom. The van der Waals surface area contributed by atoms with Gasteiger partial charge < -0.3 is 10.4 Å². The van der Waals surface area contributed by atoms with Crippen molar-refractivity contribution in [2.45, 2.75) is 25.9 Å². The number of hydrogen-bond acceptors (Lipinski definition) is 5.